The van der Waals surface area contributed by atoms with E-state index in [1.54, 1.807) is 18.2 Å². The van der Waals surface area contributed by atoms with E-state index in [0.717, 1.165) is 31.2 Å². The van der Waals surface area contributed by atoms with Crippen LogP contribution in [0.3, 0.4) is 0 Å². The lowest BCUT2D eigenvalue weighted by Gasteiger charge is -2.16. The average molecular weight is 368 g/mol. The van der Waals surface area contributed by atoms with E-state index in [1.165, 1.54) is 6.07 Å². The van der Waals surface area contributed by atoms with Gasteiger partial charge in [0, 0.05) is 0 Å². The van der Waals surface area contributed by atoms with Crippen molar-refractivity contribution in [2.45, 2.75) is 52.1 Å². The van der Waals surface area contributed by atoms with Crippen molar-refractivity contribution in [3.8, 4) is 0 Å². The number of unbranched alkanes of at least 4 members (excludes halogenated alkanes) is 3. The Morgan fingerprint density at radius 2 is 1.56 bits per heavy atom. The molecule has 0 saturated carbocycles. The van der Waals surface area contributed by atoms with Gasteiger partial charge >= 0.3 is 11.9 Å². The highest BCUT2D eigenvalue weighted by molar-refractivity contribution is 5.95. The van der Waals surface area contributed by atoms with Crippen LogP contribution in [0.25, 0.3) is 0 Å². The maximum Gasteiger partial charge on any atom is 0.338 e. The monoisotopic (exact) mass is 368 g/mol. The second kappa shape index (κ2) is 11.2. The van der Waals surface area contributed by atoms with Gasteiger partial charge in [0.25, 0.3) is 0 Å². The molecule has 0 aliphatic rings. The van der Waals surface area contributed by atoms with Gasteiger partial charge in [0.1, 0.15) is 6.10 Å². The van der Waals surface area contributed by atoms with Crippen molar-refractivity contribution in [1.82, 2.24) is 0 Å². The maximum atomic E-state index is 12.5. The first-order valence-electron chi connectivity index (χ1n) is 9.68. The molecule has 2 aromatic carbocycles. The van der Waals surface area contributed by atoms with Gasteiger partial charge < -0.3 is 9.47 Å². The summed E-state index contributed by atoms with van der Waals surface area (Å²) in [4.78, 5) is 24.7. The van der Waals surface area contributed by atoms with Crippen molar-refractivity contribution >= 4 is 11.9 Å². The molecule has 0 bridgehead atoms. The Morgan fingerprint density at radius 1 is 0.852 bits per heavy atom. The zero-order valence-electron chi connectivity index (χ0n) is 16.1. The average Bonchev–Trinajstić information content (AvgIpc) is 2.72. The quantitative estimate of drug-likeness (QED) is 0.397. The van der Waals surface area contributed by atoms with Crippen LogP contribution in [0, 0.1) is 0 Å². The zero-order chi connectivity index (χ0) is 19.5. The highest BCUT2D eigenvalue weighted by Crippen LogP contribution is 2.22. The largest absolute Gasteiger partial charge is 0.462 e. The van der Waals surface area contributed by atoms with E-state index < -0.39 is 11.9 Å². The lowest BCUT2D eigenvalue weighted by atomic mass is 10.1. The number of hydrogen-bond acceptors (Lipinski definition) is 4. The summed E-state index contributed by atoms with van der Waals surface area (Å²) < 4.78 is 10.9. The fraction of sp³-hybridized carbons (Fsp3) is 0.391. The minimum Gasteiger partial charge on any atom is -0.462 e. The van der Waals surface area contributed by atoms with Gasteiger partial charge in [-0.3, -0.25) is 0 Å². The summed E-state index contributed by atoms with van der Waals surface area (Å²) in [5.41, 5.74) is 1.67. The van der Waals surface area contributed by atoms with Crippen LogP contribution in [0.4, 0.5) is 0 Å². The van der Waals surface area contributed by atoms with Gasteiger partial charge in [-0.05, 0) is 36.6 Å². The molecule has 4 heteroatoms. The molecular weight excluding hydrogens is 340 g/mol. The molecule has 0 radical (unpaired) electrons. The van der Waals surface area contributed by atoms with Crippen LogP contribution in [0.5, 0.6) is 0 Å². The molecule has 0 N–H and O–H groups in total. The number of hydrogen-bond donors (Lipinski definition) is 0. The van der Waals surface area contributed by atoms with Gasteiger partial charge in [-0.25, -0.2) is 9.59 Å². The third kappa shape index (κ3) is 6.55. The minimum atomic E-state index is -0.441. The molecule has 0 fully saturated rings. The fourth-order valence-electron chi connectivity index (χ4n) is 2.80. The highest BCUT2D eigenvalue weighted by atomic mass is 16.5. The SMILES string of the molecule is CCCCCCOC(=O)c1cccc(C(=O)OC(CC)c2ccccc2)c1. The Kier molecular flexibility index (Phi) is 8.56. The lowest BCUT2D eigenvalue weighted by Crippen LogP contribution is -2.13. The second-order valence-corrected chi connectivity index (χ2v) is 6.49. The molecule has 4 nitrogen and oxygen atoms in total. The standard InChI is InChI=1S/C23H28O4/c1-3-5-6-10-16-26-22(24)19-14-11-15-20(17-19)23(25)27-21(4-2)18-12-8-7-9-13-18/h7-9,11-15,17,21H,3-6,10,16H2,1-2H3. The van der Waals surface area contributed by atoms with E-state index in [4.69, 9.17) is 9.47 Å². The summed E-state index contributed by atoms with van der Waals surface area (Å²) in [6, 6.07) is 16.2. The van der Waals surface area contributed by atoms with Crippen molar-refractivity contribution in [2.24, 2.45) is 0 Å². The number of benzene rings is 2. The van der Waals surface area contributed by atoms with Crippen LogP contribution in [-0.4, -0.2) is 18.5 Å². The summed E-state index contributed by atoms with van der Waals surface area (Å²) in [6.45, 7) is 4.51. The van der Waals surface area contributed by atoms with E-state index in [0.29, 0.717) is 24.2 Å². The van der Waals surface area contributed by atoms with Crippen LogP contribution >= 0.6 is 0 Å². The number of rotatable bonds is 10. The minimum absolute atomic E-state index is 0.312. The number of carbonyl (C=O) groups is 2. The Hall–Kier alpha value is -2.62. The van der Waals surface area contributed by atoms with Gasteiger partial charge in [-0.15, -0.1) is 0 Å². The molecular formula is C23H28O4. The summed E-state index contributed by atoms with van der Waals surface area (Å²) in [5, 5.41) is 0. The first kappa shape index (κ1) is 20.7. The zero-order valence-corrected chi connectivity index (χ0v) is 16.1. The first-order chi connectivity index (χ1) is 13.2. The van der Waals surface area contributed by atoms with Crippen molar-refractivity contribution in [3.63, 3.8) is 0 Å². The molecule has 0 spiro atoms. The number of esters is 2. The normalized spacial score (nSPS) is 11.6. The van der Waals surface area contributed by atoms with Crippen LogP contribution in [0.15, 0.2) is 54.6 Å². The number of ether oxygens (including phenoxy) is 2. The molecule has 1 unspecified atom stereocenters. The van der Waals surface area contributed by atoms with Crippen LogP contribution in [0.2, 0.25) is 0 Å². The van der Waals surface area contributed by atoms with Crippen molar-refractivity contribution in [2.75, 3.05) is 6.61 Å². The van der Waals surface area contributed by atoms with Crippen molar-refractivity contribution in [1.29, 1.82) is 0 Å². The Morgan fingerprint density at radius 3 is 2.22 bits per heavy atom. The summed E-state index contributed by atoms with van der Waals surface area (Å²) in [7, 11) is 0. The molecule has 2 rings (SSSR count). The number of carbonyl (C=O) groups excluding carboxylic acids is 2. The van der Waals surface area contributed by atoms with Crippen LogP contribution in [0.1, 0.15) is 78.3 Å². The molecule has 0 heterocycles. The topological polar surface area (TPSA) is 52.6 Å². The molecule has 27 heavy (non-hydrogen) atoms. The van der Waals surface area contributed by atoms with E-state index in [2.05, 4.69) is 6.92 Å². The molecule has 0 aromatic heterocycles. The Bertz CT molecular complexity index is 724. The van der Waals surface area contributed by atoms with Gasteiger partial charge in [0.15, 0.2) is 0 Å². The maximum absolute atomic E-state index is 12.5. The van der Waals surface area contributed by atoms with Crippen molar-refractivity contribution < 1.29 is 19.1 Å². The molecule has 1 atom stereocenters. The van der Waals surface area contributed by atoms with E-state index in [9.17, 15) is 9.59 Å². The van der Waals surface area contributed by atoms with Gasteiger partial charge in [-0.2, -0.15) is 0 Å². The molecule has 0 aliphatic carbocycles. The molecule has 0 amide bonds. The predicted octanol–water partition coefficient (Wildman–Crippen LogP) is 5.73. The molecule has 144 valence electrons. The summed E-state index contributed by atoms with van der Waals surface area (Å²) in [6.07, 6.45) is 4.55. The molecule has 0 saturated heterocycles. The summed E-state index contributed by atoms with van der Waals surface area (Å²) >= 11 is 0. The second-order valence-electron chi connectivity index (χ2n) is 6.49. The summed E-state index contributed by atoms with van der Waals surface area (Å²) in [5.74, 6) is -0.848. The third-order valence-electron chi connectivity index (χ3n) is 4.36. The molecule has 2 aromatic rings. The van der Waals surface area contributed by atoms with Crippen molar-refractivity contribution in [3.05, 3.63) is 71.3 Å². The Balaban J connectivity index is 1.97. The van der Waals surface area contributed by atoms with E-state index in [-0.39, 0.29) is 6.10 Å². The highest BCUT2D eigenvalue weighted by Gasteiger charge is 2.17. The smallest absolute Gasteiger partial charge is 0.338 e. The van der Waals surface area contributed by atoms with Crippen LogP contribution in [-0.2, 0) is 9.47 Å². The first-order valence-corrected chi connectivity index (χ1v) is 9.68. The van der Waals surface area contributed by atoms with Crippen LogP contribution < -0.4 is 0 Å². The van der Waals surface area contributed by atoms with E-state index in [1.807, 2.05) is 37.3 Å². The van der Waals surface area contributed by atoms with Gasteiger partial charge in [-0.1, -0.05) is 69.5 Å². The van der Waals surface area contributed by atoms with E-state index >= 15 is 0 Å². The lowest BCUT2D eigenvalue weighted by molar-refractivity contribution is 0.0288. The predicted molar refractivity (Wildman–Crippen MR) is 106 cm³/mol. The van der Waals surface area contributed by atoms with Gasteiger partial charge in [0.2, 0.25) is 0 Å². The fourth-order valence-corrected chi connectivity index (χ4v) is 2.80. The molecule has 0 aliphatic heterocycles. The van der Waals surface area contributed by atoms with Gasteiger partial charge in [0.05, 0.1) is 17.7 Å². The Labute approximate surface area is 161 Å². The third-order valence-corrected chi connectivity index (χ3v) is 4.36.